The quantitative estimate of drug-likeness (QED) is 0.785. The number of carboxylic acid groups (broad SMARTS) is 1. The minimum Gasteiger partial charge on any atom is -0.493 e. The molecule has 2 rings (SSSR count). The average Bonchev–Trinajstić information content (AvgIpc) is 3.04. The van der Waals surface area contributed by atoms with Crippen molar-refractivity contribution in [1.29, 1.82) is 0 Å². The predicted molar refractivity (Wildman–Crippen MR) is 91.3 cm³/mol. The van der Waals surface area contributed by atoms with E-state index in [0.29, 0.717) is 23.8 Å². The first-order valence-corrected chi connectivity index (χ1v) is 8.62. The highest BCUT2D eigenvalue weighted by Gasteiger charge is 2.53. The first kappa shape index (κ1) is 20.9. The van der Waals surface area contributed by atoms with E-state index in [1.54, 1.807) is 24.3 Å². The van der Waals surface area contributed by atoms with Crippen molar-refractivity contribution in [2.24, 2.45) is 17.8 Å². The Hall–Kier alpha value is -2.45. The zero-order valence-corrected chi connectivity index (χ0v) is 15.1. The number of benzene rings is 1. The van der Waals surface area contributed by atoms with E-state index in [0.717, 1.165) is 4.90 Å². The van der Waals surface area contributed by atoms with Gasteiger partial charge in [0.1, 0.15) is 5.75 Å². The third kappa shape index (κ3) is 5.51. The molecule has 2 atom stereocenters. The molecule has 1 aromatic rings. The molecule has 1 saturated heterocycles. The summed E-state index contributed by atoms with van der Waals surface area (Å²) in [4.78, 5) is 24.3. The summed E-state index contributed by atoms with van der Waals surface area (Å²) in [6.07, 6.45) is -4.67. The van der Waals surface area contributed by atoms with Gasteiger partial charge in [-0.05, 0) is 12.0 Å². The lowest BCUT2D eigenvalue weighted by Gasteiger charge is -2.19. The summed E-state index contributed by atoms with van der Waals surface area (Å²) in [7, 11) is 0. The number of amides is 2. The summed E-state index contributed by atoms with van der Waals surface area (Å²) in [5.74, 6) is -4.38. The van der Waals surface area contributed by atoms with Crippen LogP contribution in [0.25, 0.3) is 0 Å². The number of alkyl halides is 3. The molecule has 0 radical (unpaired) electrons. The fraction of sp³-hybridized carbons (Fsp3) is 0.556. The van der Waals surface area contributed by atoms with E-state index in [2.05, 4.69) is 5.32 Å². The molecule has 27 heavy (non-hydrogen) atoms. The molecule has 0 saturated carbocycles. The van der Waals surface area contributed by atoms with Crippen molar-refractivity contribution in [3.05, 3.63) is 29.8 Å². The van der Waals surface area contributed by atoms with Gasteiger partial charge in [0.2, 0.25) is 0 Å². The maximum Gasteiger partial charge on any atom is 0.394 e. The normalized spacial score (nSPS) is 20.0. The number of ether oxygens (including phenoxy) is 1. The number of para-hydroxylation sites is 1. The van der Waals surface area contributed by atoms with Crippen LogP contribution in [-0.4, -0.2) is 47.9 Å². The van der Waals surface area contributed by atoms with E-state index < -0.39 is 43.1 Å². The first-order chi connectivity index (χ1) is 12.6. The van der Waals surface area contributed by atoms with Gasteiger partial charge in [-0.25, -0.2) is 4.79 Å². The number of nitrogens with zero attached hydrogens (tertiary/aromatic N) is 1. The maximum atomic E-state index is 13.0. The van der Waals surface area contributed by atoms with Gasteiger partial charge in [-0.2, -0.15) is 13.2 Å². The lowest BCUT2D eigenvalue weighted by molar-refractivity contribution is -0.187. The number of likely N-dealkylation sites (tertiary alicyclic amines) is 1. The largest absolute Gasteiger partial charge is 0.493 e. The molecule has 1 aliphatic heterocycles. The number of carbonyl (C=O) groups is 2. The van der Waals surface area contributed by atoms with Crippen molar-refractivity contribution in [2.45, 2.75) is 26.6 Å². The van der Waals surface area contributed by atoms with Gasteiger partial charge in [0, 0.05) is 25.2 Å². The van der Waals surface area contributed by atoms with Crippen LogP contribution in [-0.2, 0) is 11.3 Å². The number of halogens is 3. The Kier molecular flexibility index (Phi) is 6.56. The highest BCUT2D eigenvalue weighted by atomic mass is 19.4. The molecule has 2 amide bonds. The van der Waals surface area contributed by atoms with Crippen LogP contribution in [0.15, 0.2) is 24.3 Å². The molecule has 9 heteroatoms. The van der Waals surface area contributed by atoms with Gasteiger partial charge >= 0.3 is 18.2 Å². The first-order valence-electron chi connectivity index (χ1n) is 8.62. The van der Waals surface area contributed by atoms with Gasteiger partial charge in [0.25, 0.3) is 0 Å². The summed E-state index contributed by atoms with van der Waals surface area (Å²) >= 11 is 0. The van der Waals surface area contributed by atoms with Gasteiger partial charge in [-0.3, -0.25) is 4.79 Å². The van der Waals surface area contributed by atoms with Gasteiger partial charge in [-0.1, -0.05) is 32.0 Å². The van der Waals surface area contributed by atoms with Gasteiger partial charge in [0.15, 0.2) is 0 Å². The zero-order valence-electron chi connectivity index (χ0n) is 15.1. The lowest BCUT2D eigenvalue weighted by Crippen LogP contribution is -2.39. The van der Waals surface area contributed by atoms with Crippen LogP contribution in [0.3, 0.4) is 0 Å². The molecular weight excluding hydrogens is 365 g/mol. The molecule has 1 heterocycles. The minimum atomic E-state index is -4.67. The Morgan fingerprint density at radius 2 is 1.96 bits per heavy atom. The summed E-state index contributed by atoms with van der Waals surface area (Å²) in [5.41, 5.74) is 0.688. The van der Waals surface area contributed by atoms with Crippen molar-refractivity contribution >= 4 is 12.0 Å². The summed E-state index contributed by atoms with van der Waals surface area (Å²) in [6, 6.07) is 6.32. The predicted octanol–water partition coefficient (Wildman–Crippen LogP) is 3.13. The van der Waals surface area contributed by atoms with Crippen LogP contribution >= 0.6 is 0 Å². The fourth-order valence-corrected chi connectivity index (χ4v) is 2.88. The van der Waals surface area contributed by atoms with Crippen molar-refractivity contribution in [2.75, 3.05) is 19.7 Å². The maximum absolute atomic E-state index is 13.0. The van der Waals surface area contributed by atoms with Gasteiger partial charge < -0.3 is 20.1 Å². The van der Waals surface area contributed by atoms with Crippen molar-refractivity contribution < 1.29 is 32.6 Å². The topological polar surface area (TPSA) is 78.9 Å². The van der Waals surface area contributed by atoms with Crippen molar-refractivity contribution in [3.8, 4) is 5.75 Å². The summed E-state index contributed by atoms with van der Waals surface area (Å²) < 4.78 is 44.7. The van der Waals surface area contributed by atoms with E-state index >= 15 is 0 Å². The smallest absolute Gasteiger partial charge is 0.394 e. The van der Waals surface area contributed by atoms with E-state index in [9.17, 15) is 22.8 Å². The second-order valence-electron chi connectivity index (χ2n) is 6.97. The number of urea groups is 1. The van der Waals surface area contributed by atoms with Crippen LogP contribution in [0.1, 0.15) is 19.4 Å². The number of carboxylic acids is 1. The average molecular weight is 388 g/mol. The number of nitrogens with one attached hydrogen (secondary N) is 1. The molecule has 1 aliphatic rings. The van der Waals surface area contributed by atoms with Crippen LogP contribution in [0.4, 0.5) is 18.0 Å². The highest BCUT2D eigenvalue weighted by Crippen LogP contribution is 2.37. The Morgan fingerprint density at radius 3 is 2.52 bits per heavy atom. The van der Waals surface area contributed by atoms with Gasteiger partial charge in [-0.15, -0.1) is 0 Å². The number of aliphatic carboxylic acids is 1. The Morgan fingerprint density at radius 1 is 1.30 bits per heavy atom. The Balaban J connectivity index is 1.99. The number of hydrogen-bond acceptors (Lipinski definition) is 3. The zero-order chi connectivity index (χ0) is 20.2. The van der Waals surface area contributed by atoms with Crippen molar-refractivity contribution in [3.63, 3.8) is 0 Å². The molecule has 0 bridgehead atoms. The van der Waals surface area contributed by atoms with Gasteiger partial charge in [0.05, 0.1) is 18.4 Å². The fourth-order valence-electron chi connectivity index (χ4n) is 2.88. The second kappa shape index (κ2) is 8.49. The molecule has 0 unspecified atom stereocenters. The molecule has 6 nitrogen and oxygen atoms in total. The Labute approximate surface area is 155 Å². The Bertz CT molecular complexity index is 679. The van der Waals surface area contributed by atoms with Crippen LogP contribution in [0.5, 0.6) is 5.75 Å². The van der Waals surface area contributed by atoms with Crippen LogP contribution in [0, 0.1) is 17.8 Å². The molecular formula is C18H23F3N2O4. The van der Waals surface area contributed by atoms with Crippen LogP contribution in [0.2, 0.25) is 0 Å². The minimum absolute atomic E-state index is 0.0675. The third-order valence-electron chi connectivity index (χ3n) is 4.32. The number of rotatable bonds is 6. The molecule has 0 spiro atoms. The number of carbonyl (C=O) groups excluding carboxylic acids is 1. The molecule has 1 fully saturated rings. The van der Waals surface area contributed by atoms with E-state index in [1.807, 2.05) is 13.8 Å². The van der Waals surface area contributed by atoms with Crippen molar-refractivity contribution in [1.82, 2.24) is 10.2 Å². The van der Waals surface area contributed by atoms with Crippen LogP contribution < -0.4 is 10.1 Å². The molecule has 1 aromatic carbocycles. The SMILES string of the molecule is CC(C)COc1ccccc1CNC(=O)N1C[C@@H](C(F)(F)F)[C@H](C(=O)O)C1. The number of hydrogen-bond donors (Lipinski definition) is 2. The third-order valence-corrected chi connectivity index (χ3v) is 4.32. The monoisotopic (exact) mass is 388 g/mol. The lowest BCUT2D eigenvalue weighted by atomic mass is 9.96. The van der Waals surface area contributed by atoms with E-state index in [1.165, 1.54) is 0 Å². The van der Waals surface area contributed by atoms with E-state index in [-0.39, 0.29) is 6.54 Å². The summed E-state index contributed by atoms with van der Waals surface area (Å²) in [6.45, 7) is 3.40. The second-order valence-corrected chi connectivity index (χ2v) is 6.97. The summed E-state index contributed by atoms with van der Waals surface area (Å²) in [5, 5.41) is 11.6. The van der Waals surface area contributed by atoms with E-state index in [4.69, 9.17) is 9.84 Å². The molecule has 2 N–H and O–H groups in total. The highest BCUT2D eigenvalue weighted by molar-refractivity contribution is 5.77. The standard InChI is InChI=1S/C18H23F3N2O4/c1-11(2)10-27-15-6-4-3-5-12(15)7-22-17(26)23-8-13(16(24)25)14(9-23)18(19,20)21/h3-6,11,13-14H,7-10H2,1-2H3,(H,22,26)(H,24,25)/t13-,14-/m1/s1. The molecule has 150 valence electrons. The molecule has 0 aliphatic carbocycles. The molecule has 0 aromatic heterocycles.